The van der Waals surface area contributed by atoms with E-state index >= 15 is 0 Å². The number of carbonyl (C=O) groups is 1. The van der Waals surface area contributed by atoms with Crippen molar-refractivity contribution in [3.8, 4) is 0 Å². The highest BCUT2D eigenvalue weighted by molar-refractivity contribution is 5.75. The van der Waals surface area contributed by atoms with Crippen LogP contribution in [0.5, 0.6) is 0 Å². The molecule has 0 heterocycles. The first-order valence-corrected chi connectivity index (χ1v) is 5.79. The molecular weight excluding hydrogens is 190 g/mol. The second-order valence-electron chi connectivity index (χ2n) is 4.94. The molecule has 3 N–H and O–H groups in total. The van der Waals surface area contributed by atoms with Gasteiger partial charge < -0.3 is 0 Å². The van der Waals surface area contributed by atoms with Gasteiger partial charge in [0.25, 0.3) is 0 Å². The summed E-state index contributed by atoms with van der Waals surface area (Å²) in [4.78, 5) is 13.6. The van der Waals surface area contributed by atoms with Crippen LogP contribution in [0.15, 0.2) is 0 Å². The summed E-state index contributed by atoms with van der Waals surface area (Å²) in [6, 6.07) is 0.997. The molecule has 1 aliphatic carbocycles. The fourth-order valence-corrected chi connectivity index (χ4v) is 1.96. The predicted molar refractivity (Wildman–Crippen MR) is 61.0 cm³/mol. The SMILES string of the molecule is CC(C)CN(C(C)CC(=O)NN)C1CC1. The van der Waals surface area contributed by atoms with Gasteiger partial charge in [0.1, 0.15) is 0 Å². The van der Waals surface area contributed by atoms with Crippen molar-refractivity contribution in [3.05, 3.63) is 0 Å². The van der Waals surface area contributed by atoms with Crippen molar-refractivity contribution in [2.75, 3.05) is 6.54 Å². The first kappa shape index (κ1) is 12.5. The molecule has 0 aromatic heterocycles. The molecule has 1 fully saturated rings. The van der Waals surface area contributed by atoms with Crippen LogP contribution in [0.25, 0.3) is 0 Å². The lowest BCUT2D eigenvalue weighted by Crippen LogP contribution is -2.42. The van der Waals surface area contributed by atoms with E-state index in [1.54, 1.807) is 0 Å². The minimum atomic E-state index is -0.0723. The van der Waals surface area contributed by atoms with Crippen LogP contribution in [0.3, 0.4) is 0 Å². The first-order valence-electron chi connectivity index (χ1n) is 5.79. The van der Waals surface area contributed by atoms with E-state index in [0.717, 1.165) is 6.54 Å². The Kier molecular flexibility index (Phi) is 4.54. The second kappa shape index (κ2) is 5.47. The number of hydrogen-bond donors (Lipinski definition) is 2. The minimum absolute atomic E-state index is 0.0723. The number of nitrogens with zero attached hydrogens (tertiary/aromatic N) is 1. The normalized spacial score (nSPS) is 18.3. The van der Waals surface area contributed by atoms with Crippen LogP contribution in [-0.2, 0) is 4.79 Å². The van der Waals surface area contributed by atoms with Gasteiger partial charge in [-0.3, -0.25) is 15.1 Å². The van der Waals surface area contributed by atoms with E-state index in [1.807, 2.05) is 0 Å². The van der Waals surface area contributed by atoms with Gasteiger partial charge in [0.2, 0.25) is 5.91 Å². The predicted octanol–water partition coefficient (Wildman–Crippen LogP) is 0.875. The van der Waals surface area contributed by atoms with Gasteiger partial charge in [0.15, 0.2) is 0 Å². The lowest BCUT2D eigenvalue weighted by molar-refractivity contribution is -0.122. The number of nitrogens with one attached hydrogen (secondary N) is 1. The molecule has 0 bridgehead atoms. The molecule has 0 aromatic rings. The van der Waals surface area contributed by atoms with E-state index in [-0.39, 0.29) is 5.91 Å². The Hall–Kier alpha value is -0.610. The van der Waals surface area contributed by atoms with Gasteiger partial charge in [-0.15, -0.1) is 0 Å². The van der Waals surface area contributed by atoms with E-state index in [4.69, 9.17) is 5.84 Å². The molecule has 15 heavy (non-hydrogen) atoms. The number of amides is 1. The molecule has 1 amide bonds. The lowest BCUT2D eigenvalue weighted by Gasteiger charge is -2.30. The van der Waals surface area contributed by atoms with Crippen molar-refractivity contribution in [1.82, 2.24) is 10.3 Å². The summed E-state index contributed by atoms with van der Waals surface area (Å²) in [6.07, 6.45) is 3.06. The molecule has 0 aromatic carbocycles. The molecule has 1 aliphatic rings. The van der Waals surface area contributed by atoms with Crippen LogP contribution in [0.4, 0.5) is 0 Å². The zero-order valence-electron chi connectivity index (χ0n) is 9.99. The maximum absolute atomic E-state index is 11.2. The van der Waals surface area contributed by atoms with Gasteiger partial charge in [-0.2, -0.15) is 0 Å². The third kappa shape index (κ3) is 4.18. The molecule has 0 spiro atoms. The highest BCUT2D eigenvalue weighted by Crippen LogP contribution is 2.30. The van der Waals surface area contributed by atoms with Crippen molar-refractivity contribution in [1.29, 1.82) is 0 Å². The third-order valence-corrected chi connectivity index (χ3v) is 2.80. The van der Waals surface area contributed by atoms with E-state index in [0.29, 0.717) is 24.4 Å². The highest BCUT2D eigenvalue weighted by atomic mass is 16.2. The summed E-state index contributed by atoms with van der Waals surface area (Å²) in [5.74, 6) is 5.67. The van der Waals surface area contributed by atoms with Gasteiger partial charge in [0, 0.05) is 25.0 Å². The average molecular weight is 213 g/mol. The van der Waals surface area contributed by atoms with Crippen LogP contribution in [0, 0.1) is 5.92 Å². The van der Waals surface area contributed by atoms with Crippen LogP contribution in [-0.4, -0.2) is 29.4 Å². The van der Waals surface area contributed by atoms with E-state index in [1.165, 1.54) is 12.8 Å². The van der Waals surface area contributed by atoms with Gasteiger partial charge in [0.05, 0.1) is 0 Å². The molecule has 1 unspecified atom stereocenters. The average Bonchev–Trinajstić information content (AvgIpc) is 2.96. The van der Waals surface area contributed by atoms with Crippen molar-refractivity contribution in [2.45, 2.75) is 52.1 Å². The van der Waals surface area contributed by atoms with Crippen LogP contribution < -0.4 is 11.3 Å². The molecule has 4 heteroatoms. The first-order chi connectivity index (χ1) is 7.04. The Balaban J connectivity index is 2.43. The fourth-order valence-electron chi connectivity index (χ4n) is 1.96. The molecule has 1 saturated carbocycles. The van der Waals surface area contributed by atoms with Gasteiger partial charge in [-0.25, -0.2) is 5.84 Å². The van der Waals surface area contributed by atoms with E-state index in [2.05, 4.69) is 31.1 Å². The summed E-state index contributed by atoms with van der Waals surface area (Å²) >= 11 is 0. The molecule has 0 radical (unpaired) electrons. The number of carbonyl (C=O) groups excluding carboxylic acids is 1. The van der Waals surface area contributed by atoms with Crippen LogP contribution in [0.1, 0.15) is 40.0 Å². The molecule has 0 aliphatic heterocycles. The summed E-state index contributed by atoms with van der Waals surface area (Å²) in [5.41, 5.74) is 2.20. The maximum Gasteiger partial charge on any atom is 0.235 e. The minimum Gasteiger partial charge on any atom is -0.297 e. The quantitative estimate of drug-likeness (QED) is 0.391. The molecule has 4 nitrogen and oxygen atoms in total. The molecule has 1 rings (SSSR count). The summed E-state index contributed by atoms with van der Waals surface area (Å²) in [7, 11) is 0. The molecule has 1 atom stereocenters. The van der Waals surface area contributed by atoms with E-state index < -0.39 is 0 Å². The smallest absolute Gasteiger partial charge is 0.235 e. The van der Waals surface area contributed by atoms with Gasteiger partial charge in [-0.05, 0) is 25.7 Å². The third-order valence-electron chi connectivity index (χ3n) is 2.80. The largest absolute Gasteiger partial charge is 0.297 e. The van der Waals surface area contributed by atoms with Crippen molar-refractivity contribution in [3.63, 3.8) is 0 Å². The number of hydrazine groups is 1. The van der Waals surface area contributed by atoms with Crippen LogP contribution >= 0.6 is 0 Å². The summed E-state index contributed by atoms with van der Waals surface area (Å²) in [5, 5.41) is 0. The van der Waals surface area contributed by atoms with Gasteiger partial charge in [-0.1, -0.05) is 13.8 Å². The zero-order valence-corrected chi connectivity index (χ0v) is 9.99. The molecule has 88 valence electrons. The number of nitrogens with two attached hydrogens (primary N) is 1. The maximum atomic E-state index is 11.2. The lowest BCUT2D eigenvalue weighted by atomic mass is 10.1. The van der Waals surface area contributed by atoms with Crippen LogP contribution in [0.2, 0.25) is 0 Å². The standard InChI is InChI=1S/C11H23N3O/c1-8(2)7-14(10-4-5-10)9(3)6-11(15)13-12/h8-10H,4-7,12H2,1-3H3,(H,13,15). The Morgan fingerprint density at radius 1 is 1.47 bits per heavy atom. The van der Waals surface area contributed by atoms with Crippen molar-refractivity contribution in [2.24, 2.45) is 11.8 Å². The molecular formula is C11H23N3O. The van der Waals surface area contributed by atoms with Crippen molar-refractivity contribution < 1.29 is 4.79 Å². The summed E-state index contributed by atoms with van der Waals surface area (Å²) < 4.78 is 0. The number of hydrogen-bond acceptors (Lipinski definition) is 3. The number of rotatable bonds is 6. The Labute approximate surface area is 92.2 Å². The topological polar surface area (TPSA) is 58.4 Å². The zero-order chi connectivity index (χ0) is 11.4. The van der Waals surface area contributed by atoms with E-state index in [9.17, 15) is 4.79 Å². The highest BCUT2D eigenvalue weighted by Gasteiger charge is 2.32. The monoisotopic (exact) mass is 213 g/mol. The Morgan fingerprint density at radius 3 is 2.47 bits per heavy atom. The van der Waals surface area contributed by atoms with Crippen molar-refractivity contribution >= 4 is 5.91 Å². The fraction of sp³-hybridized carbons (Fsp3) is 0.909. The summed E-state index contributed by atoms with van der Waals surface area (Å²) in [6.45, 7) is 7.61. The van der Waals surface area contributed by atoms with Gasteiger partial charge >= 0.3 is 0 Å². The molecule has 0 saturated heterocycles. The second-order valence-corrected chi connectivity index (χ2v) is 4.94. The Morgan fingerprint density at radius 2 is 2.07 bits per heavy atom. The Bertz CT molecular complexity index is 214.